The number of para-hydroxylation sites is 1. The van der Waals surface area contributed by atoms with Gasteiger partial charge in [0.05, 0.1) is 5.52 Å². The van der Waals surface area contributed by atoms with Crippen molar-refractivity contribution in [2.24, 2.45) is 0 Å². The van der Waals surface area contributed by atoms with Gasteiger partial charge in [0.25, 0.3) is 0 Å². The predicted molar refractivity (Wildman–Crippen MR) is 63.7 cm³/mol. The summed E-state index contributed by atoms with van der Waals surface area (Å²) in [5.41, 5.74) is -1.18. The number of nitrogens with one attached hydrogen (secondary N) is 1. The van der Waals surface area contributed by atoms with E-state index < -0.39 is 27.5 Å². The van der Waals surface area contributed by atoms with Gasteiger partial charge in [-0.25, -0.2) is 4.79 Å². The fourth-order valence-electron chi connectivity index (χ4n) is 1.54. The van der Waals surface area contributed by atoms with Crippen LogP contribution < -0.4 is 9.61 Å². The van der Waals surface area contributed by atoms with E-state index in [4.69, 9.17) is 9.66 Å². The van der Waals surface area contributed by atoms with Gasteiger partial charge in [-0.2, -0.15) is 8.42 Å². The molecule has 9 heteroatoms. The predicted octanol–water partition coefficient (Wildman–Crippen LogP) is 0.408. The van der Waals surface area contributed by atoms with E-state index in [0.717, 1.165) is 12.1 Å². The van der Waals surface area contributed by atoms with Gasteiger partial charge < -0.3 is 14.3 Å². The SMILES string of the molecule is O=C(O)c1cc(=O)c2cccc(OS(=O)(=O)O)c2[nH]1. The van der Waals surface area contributed by atoms with Gasteiger partial charge >= 0.3 is 16.4 Å². The number of hydrogen-bond acceptors (Lipinski definition) is 5. The van der Waals surface area contributed by atoms with Gasteiger partial charge in [0.15, 0.2) is 11.2 Å². The first-order valence-corrected chi connectivity index (χ1v) is 6.21. The highest BCUT2D eigenvalue weighted by molar-refractivity contribution is 7.81. The Labute approximate surface area is 106 Å². The summed E-state index contributed by atoms with van der Waals surface area (Å²) in [6.45, 7) is 0. The maximum absolute atomic E-state index is 11.7. The summed E-state index contributed by atoms with van der Waals surface area (Å²) in [6.07, 6.45) is 0. The van der Waals surface area contributed by atoms with E-state index >= 15 is 0 Å². The molecule has 1 heterocycles. The minimum Gasteiger partial charge on any atom is -0.477 e. The molecule has 0 aliphatic carbocycles. The molecule has 0 fully saturated rings. The van der Waals surface area contributed by atoms with Crippen molar-refractivity contribution in [2.45, 2.75) is 0 Å². The number of carboxylic acid groups (broad SMARTS) is 1. The summed E-state index contributed by atoms with van der Waals surface area (Å²) in [5.74, 6) is -1.76. The largest absolute Gasteiger partial charge is 0.477 e. The zero-order valence-electron chi connectivity index (χ0n) is 9.15. The number of carbonyl (C=O) groups is 1. The Bertz CT molecular complexity index is 821. The van der Waals surface area contributed by atoms with Crippen LogP contribution in [0, 0.1) is 0 Å². The summed E-state index contributed by atoms with van der Waals surface area (Å²) in [6, 6.07) is 4.72. The van der Waals surface area contributed by atoms with Crippen LogP contribution in [-0.4, -0.2) is 29.0 Å². The molecule has 0 aliphatic rings. The molecule has 1 aromatic heterocycles. The molecule has 0 saturated heterocycles. The molecule has 8 nitrogen and oxygen atoms in total. The molecule has 1 aromatic carbocycles. The van der Waals surface area contributed by atoms with Gasteiger partial charge in [-0.1, -0.05) is 6.07 Å². The fourth-order valence-corrected chi connectivity index (χ4v) is 1.91. The van der Waals surface area contributed by atoms with Crippen molar-refractivity contribution in [3.63, 3.8) is 0 Å². The van der Waals surface area contributed by atoms with E-state index in [1.54, 1.807) is 0 Å². The van der Waals surface area contributed by atoms with E-state index in [1.807, 2.05) is 0 Å². The minimum atomic E-state index is -4.78. The van der Waals surface area contributed by atoms with Crippen molar-refractivity contribution in [2.75, 3.05) is 0 Å². The van der Waals surface area contributed by atoms with Gasteiger partial charge in [0.1, 0.15) is 5.69 Å². The molecule has 0 unspecified atom stereocenters. The van der Waals surface area contributed by atoms with Crippen LogP contribution in [0.1, 0.15) is 10.5 Å². The van der Waals surface area contributed by atoms with Crippen LogP contribution in [0.5, 0.6) is 5.75 Å². The fraction of sp³-hybridized carbons (Fsp3) is 0. The number of H-pyrrole nitrogens is 1. The Balaban J connectivity index is 2.79. The molecule has 0 radical (unpaired) electrons. The van der Waals surface area contributed by atoms with Crippen LogP contribution in [0.3, 0.4) is 0 Å². The molecule has 0 saturated carbocycles. The maximum atomic E-state index is 11.7. The van der Waals surface area contributed by atoms with E-state index in [0.29, 0.717) is 0 Å². The van der Waals surface area contributed by atoms with Crippen molar-refractivity contribution in [3.8, 4) is 5.75 Å². The summed E-state index contributed by atoms with van der Waals surface area (Å²) in [4.78, 5) is 24.8. The normalized spacial score (nSPS) is 11.4. The molecular formula is C10H7NO7S. The quantitative estimate of drug-likeness (QED) is 0.695. The number of pyridine rings is 1. The Kier molecular flexibility index (Phi) is 3.00. The molecule has 0 spiro atoms. The molecule has 2 rings (SSSR count). The van der Waals surface area contributed by atoms with E-state index in [1.165, 1.54) is 12.1 Å². The van der Waals surface area contributed by atoms with Crippen LogP contribution in [0.15, 0.2) is 29.1 Å². The highest BCUT2D eigenvalue weighted by Gasteiger charge is 2.14. The molecular weight excluding hydrogens is 278 g/mol. The van der Waals surface area contributed by atoms with Gasteiger partial charge in [-0.15, -0.1) is 0 Å². The number of rotatable bonds is 3. The highest BCUT2D eigenvalue weighted by atomic mass is 32.3. The lowest BCUT2D eigenvalue weighted by Gasteiger charge is -2.06. The first-order chi connectivity index (χ1) is 8.78. The first kappa shape index (κ1) is 13.1. The van der Waals surface area contributed by atoms with Crippen molar-refractivity contribution in [1.82, 2.24) is 4.98 Å². The second-order valence-corrected chi connectivity index (χ2v) is 4.56. The van der Waals surface area contributed by atoms with Gasteiger partial charge in [0.2, 0.25) is 0 Å². The number of aromatic amines is 1. The van der Waals surface area contributed by atoms with E-state index in [2.05, 4.69) is 9.17 Å². The summed E-state index contributed by atoms with van der Waals surface area (Å²) >= 11 is 0. The monoisotopic (exact) mass is 285 g/mol. The second-order valence-electron chi connectivity index (χ2n) is 3.54. The number of aromatic carboxylic acids is 1. The average molecular weight is 285 g/mol. The van der Waals surface area contributed by atoms with Crippen molar-refractivity contribution < 1.29 is 27.1 Å². The number of benzene rings is 1. The third-order valence-corrected chi connectivity index (χ3v) is 2.64. The topological polar surface area (TPSA) is 134 Å². The van der Waals surface area contributed by atoms with E-state index in [-0.39, 0.29) is 16.7 Å². The summed E-state index contributed by atoms with van der Waals surface area (Å²) in [5, 5.41) is 8.85. The minimum absolute atomic E-state index is 0.0335. The molecule has 100 valence electrons. The molecule has 0 aliphatic heterocycles. The van der Waals surface area contributed by atoms with Gasteiger partial charge in [-0.3, -0.25) is 9.35 Å². The lowest BCUT2D eigenvalue weighted by Crippen LogP contribution is -2.12. The lowest BCUT2D eigenvalue weighted by atomic mass is 10.2. The Morgan fingerprint density at radius 1 is 1.32 bits per heavy atom. The standard InChI is InChI=1S/C10H7NO7S/c12-7-4-6(10(13)14)11-9-5(7)2-1-3-8(9)18-19(15,16)17/h1-4H,(H,11,12)(H,13,14)(H,15,16,17). The Morgan fingerprint density at radius 3 is 2.58 bits per heavy atom. The molecule has 19 heavy (non-hydrogen) atoms. The lowest BCUT2D eigenvalue weighted by molar-refractivity contribution is 0.0691. The van der Waals surface area contributed by atoms with Crippen LogP contribution in [0.2, 0.25) is 0 Å². The van der Waals surface area contributed by atoms with Crippen LogP contribution in [0.25, 0.3) is 10.9 Å². The summed E-state index contributed by atoms with van der Waals surface area (Å²) in [7, 11) is -4.78. The highest BCUT2D eigenvalue weighted by Crippen LogP contribution is 2.22. The van der Waals surface area contributed by atoms with E-state index in [9.17, 15) is 18.0 Å². The van der Waals surface area contributed by atoms with Crippen LogP contribution in [0.4, 0.5) is 0 Å². The Morgan fingerprint density at radius 2 is 2.00 bits per heavy atom. The number of fused-ring (bicyclic) bond motifs is 1. The molecule has 2 aromatic rings. The summed E-state index contributed by atoms with van der Waals surface area (Å²) < 4.78 is 34.2. The van der Waals surface area contributed by atoms with Gasteiger partial charge in [0, 0.05) is 11.5 Å². The first-order valence-electron chi connectivity index (χ1n) is 4.84. The Hall–Kier alpha value is -2.39. The zero-order chi connectivity index (χ0) is 14.2. The zero-order valence-corrected chi connectivity index (χ0v) is 9.97. The number of aromatic nitrogens is 1. The van der Waals surface area contributed by atoms with Crippen molar-refractivity contribution in [1.29, 1.82) is 0 Å². The second kappa shape index (κ2) is 4.37. The maximum Gasteiger partial charge on any atom is 0.446 e. The average Bonchev–Trinajstić information content (AvgIpc) is 2.27. The smallest absolute Gasteiger partial charge is 0.446 e. The third kappa shape index (κ3) is 2.72. The van der Waals surface area contributed by atoms with Crippen LogP contribution >= 0.6 is 0 Å². The van der Waals surface area contributed by atoms with Crippen molar-refractivity contribution in [3.05, 3.63) is 40.2 Å². The number of carboxylic acids is 1. The number of hydrogen-bond donors (Lipinski definition) is 3. The molecule has 0 bridgehead atoms. The van der Waals surface area contributed by atoms with Crippen molar-refractivity contribution >= 4 is 27.3 Å². The molecule has 0 atom stereocenters. The van der Waals surface area contributed by atoms with Crippen LogP contribution in [-0.2, 0) is 10.4 Å². The molecule has 3 N–H and O–H groups in total. The van der Waals surface area contributed by atoms with Gasteiger partial charge in [-0.05, 0) is 12.1 Å². The molecule has 0 amide bonds. The third-order valence-electron chi connectivity index (χ3n) is 2.25.